The molecule has 3 aliphatic rings. The quantitative estimate of drug-likeness (QED) is 0.757. The Bertz CT molecular complexity index is 662. The summed E-state index contributed by atoms with van der Waals surface area (Å²) in [5, 5.41) is 14.5. The third kappa shape index (κ3) is 2.24. The van der Waals surface area contributed by atoms with Crippen LogP contribution in [0.4, 0.5) is 0 Å². The van der Waals surface area contributed by atoms with Gasteiger partial charge in [0.2, 0.25) is 11.8 Å². The monoisotopic (exact) mass is 335 g/mol. The molecule has 2 N–H and O–H groups in total. The third-order valence-electron chi connectivity index (χ3n) is 4.84. The molecule has 0 radical (unpaired) electrons. The molecule has 0 saturated carbocycles. The van der Waals surface area contributed by atoms with Crippen molar-refractivity contribution < 1.29 is 19.5 Å². The number of aliphatic hydroxyl groups excluding tert-OH is 1. The van der Waals surface area contributed by atoms with E-state index in [1.54, 1.807) is 17.0 Å². The number of nitrogens with zero attached hydrogens (tertiary/aromatic N) is 2. The molecular weight excluding hydrogens is 318 g/mol. The largest absolute Gasteiger partial charge is 0.391 e. The van der Waals surface area contributed by atoms with Gasteiger partial charge in [-0.2, -0.15) is 0 Å². The Morgan fingerprint density at radius 2 is 2.13 bits per heavy atom. The topological polar surface area (TPSA) is 89.9 Å². The summed E-state index contributed by atoms with van der Waals surface area (Å²) in [4.78, 5) is 41.2. The molecule has 4 atom stereocenters. The van der Waals surface area contributed by atoms with Crippen molar-refractivity contribution in [1.29, 1.82) is 0 Å². The summed E-state index contributed by atoms with van der Waals surface area (Å²) in [5.74, 6) is -0.491. The van der Waals surface area contributed by atoms with E-state index in [1.807, 2.05) is 5.38 Å². The lowest BCUT2D eigenvalue weighted by Gasteiger charge is -2.40. The lowest BCUT2D eigenvalue weighted by atomic mass is 10.0. The number of aliphatic hydroxyl groups is 1. The second kappa shape index (κ2) is 5.31. The van der Waals surface area contributed by atoms with Crippen LogP contribution >= 0.6 is 11.3 Å². The van der Waals surface area contributed by atoms with Gasteiger partial charge in [-0.3, -0.25) is 14.4 Å². The maximum absolute atomic E-state index is 12.7. The van der Waals surface area contributed by atoms with Gasteiger partial charge in [-0.15, -0.1) is 11.3 Å². The maximum Gasteiger partial charge on any atom is 0.261 e. The summed E-state index contributed by atoms with van der Waals surface area (Å²) in [6, 6.07) is 1.97. The highest BCUT2D eigenvalue weighted by Crippen LogP contribution is 2.32. The standard InChI is InChI=1S/C15H17N3O4S/c19-8-6-10-14(21)17-4-3-9(12(17)15(22)18(10)7-8)16-13(20)11-2-1-5-23-11/h1-2,5,8-10,12,19H,3-4,6-7H2,(H,16,20). The molecule has 8 heteroatoms. The molecule has 4 rings (SSSR count). The average molecular weight is 335 g/mol. The van der Waals surface area contributed by atoms with Crippen LogP contribution in [-0.4, -0.2) is 69.9 Å². The number of thiophene rings is 1. The van der Waals surface area contributed by atoms with E-state index in [2.05, 4.69) is 5.32 Å². The van der Waals surface area contributed by atoms with Gasteiger partial charge in [0, 0.05) is 19.5 Å². The fourth-order valence-electron chi connectivity index (χ4n) is 3.80. The Labute approximate surface area is 136 Å². The lowest BCUT2D eigenvalue weighted by Crippen LogP contribution is -2.64. The first kappa shape index (κ1) is 14.6. The van der Waals surface area contributed by atoms with Gasteiger partial charge in [-0.1, -0.05) is 6.07 Å². The molecule has 122 valence electrons. The van der Waals surface area contributed by atoms with Crippen LogP contribution in [0.1, 0.15) is 22.5 Å². The zero-order valence-corrected chi connectivity index (χ0v) is 13.2. The van der Waals surface area contributed by atoms with Gasteiger partial charge in [0.1, 0.15) is 12.1 Å². The third-order valence-corrected chi connectivity index (χ3v) is 5.71. The highest BCUT2D eigenvalue weighted by atomic mass is 32.1. The molecule has 3 saturated heterocycles. The van der Waals surface area contributed by atoms with E-state index in [9.17, 15) is 19.5 Å². The van der Waals surface area contributed by atoms with Crippen molar-refractivity contribution in [3.63, 3.8) is 0 Å². The maximum atomic E-state index is 12.7. The van der Waals surface area contributed by atoms with Gasteiger partial charge in [0.25, 0.3) is 5.91 Å². The van der Waals surface area contributed by atoms with E-state index < -0.39 is 18.2 Å². The Hall–Kier alpha value is -1.93. The van der Waals surface area contributed by atoms with Crippen LogP contribution in [0.3, 0.4) is 0 Å². The lowest BCUT2D eigenvalue weighted by molar-refractivity contribution is -0.157. The van der Waals surface area contributed by atoms with Crippen molar-refractivity contribution >= 4 is 29.1 Å². The molecule has 4 unspecified atom stereocenters. The highest BCUT2D eigenvalue weighted by Gasteiger charge is 2.54. The summed E-state index contributed by atoms with van der Waals surface area (Å²) in [6.07, 6.45) is 0.231. The number of carbonyl (C=O) groups excluding carboxylic acids is 3. The average Bonchev–Trinajstić information content (AvgIpc) is 3.23. The molecule has 0 spiro atoms. The van der Waals surface area contributed by atoms with Crippen LogP contribution in [-0.2, 0) is 9.59 Å². The number of rotatable bonds is 2. The molecule has 3 amide bonds. The summed E-state index contributed by atoms with van der Waals surface area (Å²) in [5.41, 5.74) is 0. The molecule has 23 heavy (non-hydrogen) atoms. The Kier molecular flexibility index (Phi) is 3.38. The normalized spacial score (nSPS) is 32.9. The van der Waals surface area contributed by atoms with Crippen molar-refractivity contribution in [3.05, 3.63) is 22.4 Å². The minimum atomic E-state index is -0.646. The number of hydrogen-bond acceptors (Lipinski definition) is 5. The van der Waals surface area contributed by atoms with Crippen LogP contribution in [0.25, 0.3) is 0 Å². The molecule has 1 aromatic heterocycles. The van der Waals surface area contributed by atoms with Crippen LogP contribution in [0.2, 0.25) is 0 Å². The van der Waals surface area contributed by atoms with Crippen molar-refractivity contribution in [2.45, 2.75) is 37.1 Å². The minimum absolute atomic E-state index is 0.112. The van der Waals surface area contributed by atoms with Crippen LogP contribution < -0.4 is 5.32 Å². The smallest absolute Gasteiger partial charge is 0.261 e. The van der Waals surface area contributed by atoms with Crippen molar-refractivity contribution in [3.8, 4) is 0 Å². The fraction of sp³-hybridized carbons (Fsp3) is 0.533. The van der Waals surface area contributed by atoms with E-state index >= 15 is 0 Å². The number of hydrogen-bond donors (Lipinski definition) is 2. The molecule has 0 aliphatic carbocycles. The van der Waals surface area contributed by atoms with Gasteiger partial charge in [-0.05, 0) is 17.9 Å². The number of nitrogens with one attached hydrogen (secondary N) is 1. The first-order valence-corrected chi connectivity index (χ1v) is 8.57. The number of fused-ring (bicyclic) bond motifs is 2. The Balaban J connectivity index is 1.55. The van der Waals surface area contributed by atoms with E-state index in [0.717, 1.165) is 0 Å². The van der Waals surface area contributed by atoms with Gasteiger partial charge in [0.05, 0.1) is 17.0 Å². The summed E-state index contributed by atoms with van der Waals surface area (Å²) >= 11 is 1.34. The Morgan fingerprint density at radius 3 is 2.87 bits per heavy atom. The molecule has 0 aromatic carbocycles. The van der Waals surface area contributed by atoms with Crippen molar-refractivity contribution in [2.75, 3.05) is 13.1 Å². The van der Waals surface area contributed by atoms with Gasteiger partial charge < -0.3 is 20.2 Å². The molecule has 3 aliphatic heterocycles. The first-order valence-electron chi connectivity index (χ1n) is 7.69. The Morgan fingerprint density at radius 1 is 1.30 bits per heavy atom. The van der Waals surface area contributed by atoms with E-state index in [-0.39, 0.29) is 30.3 Å². The predicted octanol–water partition coefficient (Wildman–Crippen LogP) is -0.577. The number of amides is 3. The highest BCUT2D eigenvalue weighted by molar-refractivity contribution is 7.12. The van der Waals surface area contributed by atoms with Gasteiger partial charge in [-0.25, -0.2) is 0 Å². The van der Waals surface area contributed by atoms with Crippen LogP contribution in [0.5, 0.6) is 0 Å². The second-order valence-corrected chi connectivity index (χ2v) is 7.17. The van der Waals surface area contributed by atoms with E-state index in [0.29, 0.717) is 24.3 Å². The summed E-state index contributed by atoms with van der Waals surface area (Å²) in [7, 11) is 0. The van der Waals surface area contributed by atoms with Crippen LogP contribution in [0.15, 0.2) is 17.5 Å². The molecule has 3 fully saturated rings. The second-order valence-electron chi connectivity index (χ2n) is 6.22. The van der Waals surface area contributed by atoms with Crippen molar-refractivity contribution in [2.24, 2.45) is 0 Å². The number of carbonyl (C=O) groups is 3. The SMILES string of the molecule is O=C(NC1CCN2C(=O)C3CC(O)CN3C(=O)C12)c1cccs1. The van der Waals surface area contributed by atoms with E-state index in [4.69, 9.17) is 0 Å². The summed E-state index contributed by atoms with van der Waals surface area (Å²) in [6.45, 7) is 0.663. The molecule has 7 nitrogen and oxygen atoms in total. The van der Waals surface area contributed by atoms with Gasteiger partial charge >= 0.3 is 0 Å². The molecule has 1 aromatic rings. The minimum Gasteiger partial charge on any atom is -0.391 e. The molecular formula is C15H17N3O4S. The predicted molar refractivity (Wildman–Crippen MR) is 81.8 cm³/mol. The van der Waals surface area contributed by atoms with Gasteiger partial charge in [0.15, 0.2) is 0 Å². The fourth-order valence-corrected chi connectivity index (χ4v) is 4.42. The molecule has 0 bridgehead atoms. The zero-order valence-electron chi connectivity index (χ0n) is 12.3. The number of piperazine rings is 1. The molecule has 4 heterocycles. The van der Waals surface area contributed by atoms with Crippen molar-refractivity contribution in [1.82, 2.24) is 15.1 Å². The van der Waals surface area contributed by atoms with E-state index in [1.165, 1.54) is 16.2 Å². The zero-order chi connectivity index (χ0) is 16.1. The first-order chi connectivity index (χ1) is 11.1. The van der Waals surface area contributed by atoms with Crippen LogP contribution in [0, 0.1) is 0 Å². The summed E-state index contributed by atoms with van der Waals surface area (Å²) < 4.78 is 0.